The van der Waals surface area contributed by atoms with Crippen LogP contribution in [0.25, 0.3) is 6.08 Å². The molecule has 146 valence electrons. The van der Waals surface area contributed by atoms with Crippen molar-refractivity contribution in [2.75, 3.05) is 0 Å². The van der Waals surface area contributed by atoms with Crippen molar-refractivity contribution in [1.29, 1.82) is 0 Å². The van der Waals surface area contributed by atoms with Gasteiger partial charge in [0.25, 0.3) is 0 Å². The van der Waals surface area contributed by atoms with E-state index in [4.69, 9.17) is 21.1 Å². The largest absolute Gasteiger partial charge is 0.489 e. The number of aliphatic imine (C=N–C) groups is 1. The maximum atomic E-state index is 12.3. The Morgan fingerprint density at radius 2 is 1.89 bits per heavy atom. The molecule has 0 N–H and O–H groups in total. The third kappa shape index (κ3) is 5.20. The van der Waals surface area contributed by atoms with Gasteiger partial charge in [-0.2, -0.15) is 0 Å². The Morgan fingerprint density at radius 1 is 1.21 bits per heavy atom. The van der Waals surface area contributed by atoms with Crippen LogP contribution in [0.15, 0.2) is 41.0 Å². The van der Waals surface area contributed by atoms with E-state index in [9.17, 15) is 4.79 Å². The molecule has 1 heterocycles. The zero-order chi connectivity index (χ0) is 20.4. The summed E-state index contributed by atoms with van der Waals surface area (Å²) < 4.78 is 14.3. The van der Waals surface area contributed by atoms with Crippen molar-refractivity contribution in [2.24, 2.45) is 4.99 Å². The second-order valence-electron chi connectivity index (χ2n) is 6.11. The van der Waals surface area contributed by atoms with Gasteiger partial charge in [0.15, 0.2) is 5.70 Å². The molecule has 0 amide bonds. The van der Waals surface area contributed by atoms with Gasteiger partial charge in [0.2, 0.25) is 5.90 Å². The zero-order valence-electron chi connectivity index (χ0n) is 14.9. The molecule has 1 aliphatic heterocycles. The topological polar surface area (TPSA) is 47.9 Å². The van der Waals surface area contributed by atoms with Crippen LogP contribution in [-0.4, -0.2) is 18.0 Å². The van der Waals surface area contributed by atoms with Crippen LogP contribution in [0.2, 0.25) is 5.02 Å². The molecule has 3 rings (SSSR count). The van der Waals surface area contributed by atoms with Crippen molar-refractivity contribution in [3.05, 3.63) is 62.9 Å². The first-order chi connectivity index (χ1) is 13.3. The quantitative estimate of drug-likeness (QED) is 0.196. The van der Waals surface area contributed by atoms with Crippen LogP contribution in [0.1, 0.15) is 31.4 Å². The normalized spacial score (nSPS) is 16.1. The Balaban J connectivity index is 1.94. The molecule has 2 aromatic carbocycles. The van der Waals surface area contributed by atoms with E-state index in [1.165, 1.54) is 0 Å². The summed E-state index contributed by atoms with van der Waals surface area (Å²) in [5.74, 6) is 0.595. The molecule has 0 aliphatic carbocycles. The molecule has 1 unspecified atom stereocenters. The Labute approximate surface area is 209 Å². The maximum absolute atomic E-state index is 12.3. The van der Waals surface area contributed by atoms with Crippen LogP contribution in [-0.2, 0) is 9.53 Å². The smallest absolute Gasteiger partial charge is 0.363 e. The lowest BCUT2D eigenvalue weighted by molar-refractivity contribution is -0.129. The van der Waals surface area contributed by atoms with Crippen LogP contribution in [0, 0.1) is 10.7 Å². The third-order valence-corrected chi connectivity index (χ3v) is 6.60. The highest BCUT2D eigenvalue weighted by atomic mass is 127. The van der Waals surface area contributed by atoms with Gasteiger partial charge >= 0.3 is 5.97 Å². The lowest BCUT2D eigenvalue weighted by atomic mass is 10.2. The van der Waals surface area contributed by atoms with Crippen molar-refractivity contribution in [3.8, 4) is 5.75 Å². The van der Waals surface area contributed by atoms with Gasteiger partial charge in [-0.05, 0) is 123 Å². The summed E-state index contributed by atoms with van der Waals surface area (Å²) in [6.45, 7) is 4.13. The predicted molar refractivity (Wildman–Crippen MR) is 137 cm³/mol. The molecule has 0 aromatic heterocycles. The number of ether oxygens (including phenoxy) is 2. The lowest BCUT2D eigenvalue weighted by Gasteiger charge is -2.16. The van der Waals surface area contributed by atoms with Crippen LogP contribution in [0.5, 0.6) is 5.75 Å². The molecule has 1 atom stereocenters. The first kappa shape index (κ1) is 22.3. The van der Waals surface area contributed by atoms with Gasteiger partial charge < -0.3 is 9.47 Å². The number of carbonyl (C=O) groups is 1. The first-order valence-electron chi connectivity index (χ1n) is 8.42. The van der Waals surface area contributed by atoms with Gasteiger partial charge in [-0.15, -0.1) is 0 Å². The minimum atomic E-state index is -0.491. The van der Waals surface area contributed by atoms with Gasteiger partial charge in [-0.3, -0.25) is 0 Å². The van der Waals surface area contributed by atoms with Crippen molar-refractivity contribution < 1.29 is 14.3 Å². The van der Waals surface area contributed by atoms with E-state index >= 15 is 0 Å². The summed E-state index contributed by atoms with van der Waals surface area (Å²) in [4.78, 5) is 16.7. The fourth-order valence-corrected chi connectivity index (χ4v) is 5.16. The highest BCUT2D eigenvalue weighted by Crippen LogP contribution is 2.32. The second kappa shape index (κ2) is 9.61. The van der Waals surface area contributed by atoms with Crippen LogP contribution in [0.3, 0.4) is 0 Å². The summed E-state index contributed by atoms with van der Waals surface area (Å²) in [6, 6.07) is 9.41. The molecule has 28 heavy (non-hydrogen) atoms. The number of rotatable bonds is 5. The van der Waals surface area contributed by atoms with Crippen molar-refractivity contribution in [2.45, 2.75) is 26.4 Å². The second-order valence-corrected chi connectivity index (χ2v) is 10.1. The van der Waals surface area contributed by atoms with E-state index in [-0.39, 0.29) is 17.7 Å². The molecule has 8 heteroatoms. The molecule has 1 aliphatic rings. The molecule has 0 fully saturated rings. The van der Waals surface area contributed by atoms with E-state index in [2.05, 4.69) is 79.7 Å². The first-order valence-corrected chi connectivity index (χ1v) is 12.0. The molecule has 0 bridgehead atoms. The van der Waals surface area contributed by atoms with Crippen molar-refractivity contribution in [1.82, 2.24) is 0 Å². The fourth-order valence-electron chi connectivity index (χ4n) is 2.40. The summed E-state index contributed by atoms with van der Waals surface area (Å²) in [7, 11) is 0. The van der Waals surface area contributed by atoms with Crippen LogP contribution >= 0.6 is 79.4 Å². The number of hydrogen-bond acceptors (Lipinski definition) is 4. The average Bonchev–Trinajstić information content (AvgIpc) is 3.00. The number of hydrogen-bond donors (Lipinski definition) is 0. The number of halogens is 4. The van der Waals surface area contributed by atoms with Gasteiger partial charge in [-0.1, -0.05) is 18.5 Å². The van der Waals surface area contributed by atoms with E-state index in [1.807, 2.05) is 31.2 Å². The van der Waals surface area contributed by atoms with Crippen LogP contribution < -0.4 is 4.74 Å². The van der Waals surface area contributed by atoms with Gasteiger partial charge in [-0.25, -0.2) is 9.79 Å². The number of carbonyl (C=O) groups excluding carboxylic acids is 1. The van der Waals surface area contributed by atoms with E-state index < -0.39 is 5.97 Å². The van der Waals surface area contributed by atoms with Crippen molar-refractivity contribution >= 4 is 97.3 Å². The average molecular weight is 734 g/mol. The third-order valence-electron chi connectivity index (χ3n) is 4.00. The summed E-state index contributed by atoms with van der Waals surface area (Å²) in [6.07, 6.45) is 2.79. The number of cyclic esters (lactones) is 1. The molecule has 0 saturated carbocycles. The molecular formula is C20H15ClI3NO3. The Bertz CT molecular complexity index is 981. The molecular weight excluding hydrogens is 718 g/mol. The number of esters is 1. The Hall–Kier alpha value is -0.400. The van der Waals surface area contributed by atoms with E-state index in [1.54, 1.807) is 12.1 Å². The van der Waals surface area contributed by atoms with Gasteiger partial charge in [0.05, 0.1) is 23.8 Å². The van der Waals surface area contributed by atoms with Crippen molar-refractivity contribution in [3.63, 3.8) is 0 Å². The molecule has 2 aromatic rings. The monoisotopic (exact) mass is 733 g/mol. The maximum Gasteiger partial charge on any atom is 0.363 e. The molecule has 0 saturated heterocycles. The van der Waals surface area contributed by atoms with Crippen LogP contribution in [0.4, 0.5) is 0 Å². The molecule has 0 spiro atoms. The SMILES string of the molecule is CCC(C)Oc1c(I)cc(/C=C2\N=C(c3cc(I)ccc3Cl)OC2=O)cc1I. The van der Waals surface area contributed by atoms with Gasteiger partial charge in [0, 0.05) is 3.57 Å². The minimum absolute atomic E-state index is 0.140. The number of nitrogens with zero attached hydrogens (tertiary/aromatic N) is 1. The molecule has 4 nitrogen and oxygen atoms in total. The fraction of sp³-hybridized carbons (Fsp3) is 0.200. The zero-order valence-corrected chi connectivity index (χ0v) is 22.2. The highest BCUT2D eigenvalue weighted by molar-refractivity contribution is 14.1. The number of benzene rings is 2. The Kier molecular flexibility index (Phi) is 7.65. The Morgan fingerprint density at radius 3 is 2.54 bits per heavy atom. The molecule has 0 radical (unpaired) electrons. The predicted octanol–water partition coefficient (Wildman–Crippen LogP) is 6.68. The van der Waals surface area contributed by atoms with E-state index in [0.29, 0.717) is 10.6 Å². The summed E-state index contributed by atoms with van der Waals surface area (Å²) >= 11 is 12.9. The standard InChI is InChI=1S/C20H15ClI3NO3/c1-3-10(2)27-18-15(23)6-11(7-16(18)24)8-17-20(26)28-19(25-17)13-9-12(22)4-5-14(13)21/h4-10H,3H2,1-2H3/b17-8-. The van der Waals surface area contributed by atoms with Gasteiger partial charge in [0.1, 0.15) is 5.75 Å². The lowest BCUT2D eigenvalue weighted by Crippen LogP contribution is -2.11. The highest BCUT2D eigenvalue weighted by Gasteiger charge is 2.26. The summed E-state index contributed by atoms with van der Waals surface area (Å²) in [5, 5.41) is 0.490. The minimum Gasteiger partial charge on any atom is -0.489 e. The van der Waals surface area contributed by atoms with E-state index in [0.717, 1.165) is 28.4 Å². The summed E-state index contributed by atoms with van der Waals surface area (Å²) in [5.41, 5.74) is 1.70.